The third-order valence-electron chi connectivity index (χ3n) is 2.51. The molecule has 0 saturated heterocycles. The maximum absolute atomic E-state index is 4.35. The molecule has 0 fully saturated rings. The van der Waals surface area contributed by atoms with Crippen LogP contribution in [-0.2, 0) is 6.42 Å². The van der Waals surface area contributed by atoms with E-state index < -0.39 is 0 Å². The summed E-state index contributed by atoms with van der Waals surface area (Å²) in [6, 6.07) is 0.293. The highest BCUT2D eigenvalue weighted by molar-refractivity contribution is 7.09. The van der Waals surface area contributed by atoms with Crippen molar-refractivity contribution in [2.24, 2.45) is 0 Å². The van der Waals surface area contributed by atoms with Gasteiger partial charge in [-0.3, -0.25) is 0 Å². The van der Waals surface area contributed by atoms with E-state index in [1.807, 2.05) is 18.5 Å². The molecule has 2 rings (SSSR count). The molecule has 1 atom stereocenters. The molecule has 1 N–H and O–H groups in total. The largest absolute Gasteiger partial charge is 0.309 e. The lowest BCUT2D eigenvalue weighted by atomic mass is 10.1. The van der Waals surface area contributed by atoms with Gasteiger partial charge in [-0.25, -0.2) is 4.98 Å². The van der Waals surface area contributed by atoms with E-state index in [0.717, 1.165) is 30.1 Å². The molecule has 0 amide bonds. The highest BCUT2D eigenvalue weighted by Gasteiger charge is 2.18. The summed E-state index contributed by atoms with van der Waals surface area (Å²) in [7, 11) is 0. The number of rotatable bonds is 6. The third-order valence-corrected chi connectivity index (χ3v) is 4.25. The van der Waals surface area contributed by atoms with Crippen molar-refractivity contribution in [2.75, 3.05) is 6.54 Å². The van der Waals surface area contributed by atoms with Crippen molar-refractivity contribution in [1.29, 1.82) is 0 Å². The Morgan fingerprint density at radius 2 is 2.35 bits per heavy atom. The average molecular weight is 268 g/mol. The van der Waals surface area contributed by atoms with Crippen molar-refractivity contribution in [3.8, 4) is 0 Å². The molecule has 1 unspecified atom stereocenters. The maximum Gasteiger partial charge on any atom is 0.0944 e. The van der Waals surface area contributed by atoms with Gasteiger partial charge in [-0.1, -0.05) is 11.4 Å². The minimum absolute atomic E-state index is 0.293. The van der Waals surface area contributed by atoms with Crippen molar-refractivity contribution < 1.29 is 0 Å². The third kappa shape index (κ3) is 3.31. The Hall–Kier alpha value is -0.850. The van der Waals surface area contributed by atoms with Crippen LogP contribution in [0.15, 0.2) is 11.6 Å². The first-order valence-corrected chi connectivity index (χ1v) is 7.37. The summed E-state index contributed by atoms with van der Waals surface area (Å²) in [6.45, 7) is 5.19. The van der Waals surface area contributed by atoms with E-state index in [1.54, 1.807) is 11.3 Å². The Balaban J connectivity index is 2.11. The number of nitrogens with one attached hydrogen (secondary N) is 1. The standard InChI is InChI=1S/C11H16N4S2/c1-3-4-12-9(7-10-13-5-6-16-10)11-8(2)14-15-17-11/h5-6,9,12H,3-4,7H2,1-2H3. The normalized spacial score (nSPS) is 12.8. The van der Waals surface area contributed by atoms with Crippen LogP contribution in [0.25, 0.3) is 0 Å². The van der Waals surface area contributed by atoms with E-state index in [2.05, 4.69) is 26.8 Å². The minimum Gasteiger partial charge on any atom is -0.309 e. The molecule has 0 radical (unpaired) electrons. The summed E-state index contributed by atoms with van der Waals surface area (Å²) in [4.78, 5) is 5.58. The fraction of sp³-hybridized carbons (Fsp3) is 0.545. The summed E-state index contributed by atoms with van der Waals surface area (Å²) >= 11 is 3.18. The molecule has 0 aliphatic carbocycles. The van der Waals surface area contributed by atoms with E-state index in [-0.39, 0.29) is 0 Å². The van der Waals surface area contributed by atoms with E-state index in [9.17, 15) is 0 Å². The SMILES string of the molecule is CCCNC(Cc1nccs1)c1snnc1C. The second-order valence-corrected chi connectivity index (χ2v) is 5.62. The first kappa shape index (κ1) is 12.6. The Morgan fingerprint density at radius 3 is 2.94 bits per heavy atom. The second kappa shape index (κ2) is 6.18. The molecular formula is C11H16N4S2. The Labute approximate surface area is 109 Å². The molecule has 2 aromatic rings. The van der Waals surface area contributed by atoms with Gasteiger partial charge in [0.05, 0.1) is 21.6 Å². The molecule has 0 aromatic carbocycles. The molecular weight excluding hydrogens is 252 g/mol. The fourth-order valence-corrected chi connectivity index (χ4v) is 3.04. The number of hydrogen-bond acceptors (Lipinski definition) is 6. The van der Waals surface area contributed by atoms with Crippen molar-refractivity contribution in [2.45, 2.75) is 32.7 Å². The van der Waals surface area contributed by atoms with Crippen molar-refractivity contribution in [3.05, 3.63) is 27.2 Å². The molecule has 4 nitrogen and oxygen atoms in total. The van der Waals surface area contributed by atoms with Gasteiger partial charge in [0, 0.05) is 18.0 Å². The quantitative estimate of drug-likeness (QED) is 0.875. The summed E-state index contributed by atoms with van der Waals surface area (Å²) in [5, 5.41) is 10.8. The van der Waals surface area contributed by atoms with Crippen LogP contribution in [0, 0.1) is 6.92 Å². The first-order chi connectivity index (χ1) is 8.31. The lowest BCUT2D eigenvalue weighted by Crippen LogP contribution is -2.23. The van der Waals surface area contributed by atoms with Crippen LogP contribution in [0.2, 0.25) is 0 Å². The van der Waals surface area contributed by atoms with Crippen molar-refractivity contribution in [3.63, 3.8) is 0 Å². The van der Waals surface area contributed by atoms with Crippen LogP contribution in [-0.4, -0.2) is 21.1 Å². The number of hydrogen-bond donors (Lipinski definition) is 1. The monoisotopic (exact) mass is 268 g/mol. The highest BCUT2D eigenvalue weighted by Crippen LogP contribution is 2.24. The zero-order valence-corrected chi connectivity index (χ0v) is 11.6. The van der Waals surface area contributed by atoms with Gasteiger partial charge in [0.25, 0.3) is 0 Å². The maximum atomic E-state index is 4.35. The lowest BCUT2D eigenvalue weighted by molar-refractivity contribution is 0.532. The van der Waals surface area contributed by atoms with Crippen LogP contribution in [0.4, 0.5) is 0 Å². The first-order valence-electron chi connectivity index (χ1n) is 5.72. The van der Waals surface area contributed by atoms with Gasteiger partial charge in [-0.05, 0) is 31.4 Å². The predicted octanol–water partition coefficient (Wildman–Crippen LogP) is 2.59. The summed E-state index contributed by atoms with van der Waals surface area (Å²) in [6.07, 6.45) is 3.90. The number of aryl methyl sites for hydroxylation is 1. The molecule has 0 bridgehead atoms. The van der Waals surface area contributed by atoms with Crippen LogP contribution in [0.1, 0.15) is 35.0 Å². The van der Waals surface area contributed by atoms with Gasteiger partial charge in [0.2, 0.25) is 0 Å². The Morgan fingerprint density at radius 1 is 1.47 bits per heavy atom. The second-order valence-electron chi connectivity index (χ2n) is 3.86. The summed E-state index contributed by atoms with van der Waals surface area (Å²) in [5.41, 5.74) is 1.03. The molecule has 0 aliphatic heterocycles. The van der Waals surface area contributed by atoms with E-state index in [1.165, 1.54) is 16.4 Å². The number of aromatic nitrogens is 3. The zero-order valence-electron chi connectivity index (χ0n) is 10.0. The highest BCUT2D eigenvalue weighted by atomic mass is 32.1. The van der Waals surface area contributed by atoms with Crippen molar-refractivity contribution in [1.82, 2.24) is 19.9 Å². The molecule has 92 valence electrons. The van der Waals surface area contributed by atoms with Gasteiger partial charge in [-0.2, -0.15) is 0 Å². The smallest absolute Gasteiger partial charge is 0.0944 e. The topological polar surface area (TPSA) is 50.7 Å². The summed E-state index contributed by atoms with van der Waals surface area (Å²) < 4.78 is 4.01. The van der Waals surface area contributed by atoms with Crippen LogP contribution >= 0.6 is 22.9 Å². The molecule has 0 aliphatic rings. The molecule has 2 heterocycles. The van der Waals surface area contributed by atoms with Crippen LogP contribution < -0.4 is 5.32 Å². The average Bonchev–Trinajstić information content (AvgIpc) is 2.95. The van der Waals surface area contributed by atoms with Gasteiger partial charge < -0.3 is 5.32 Å². The van der Waals surface area contributed by atoms with Crippen molar-refractivity contribution >= 4 is 22.9 Å². The van der Waals surface area contributed by atoms with Gasteiger partial charge in [0.1, 0.15) is 0 Å². The Kier molecular flexibility index (Phi) is 4.58. The lowest BCUT2D eigenvalue weighted by Gasteiger charge is -2.15. The molecule has 2 aromatic heterocycles. The fourth-order valence-electron chi connectivity index (χ4n) is 1.66. The molecule has 6 heteroatoms. The zero-order chi connectivity index (χ0) is 12.1. The van der Waals surface area contributed by atoms with E-state index >= 15 is 0 Å². The van der Waals surface area contributed by atoms with Gasteiger partial charge in [0.15, 0.2) is 0 Å². The predicted molar refractivity (Wildman–Crippen MR) is 71.5 cm³/mol. The van der Waals surface area contributed by atoms with Crippen LogP contribution in [0.5, 0.6) is 0 Å². The van der Waals surface area contributed by atoms with E-state index in [4.69, 9.17) is 0 Å². The molecule has 17 heavy (non-hydrogen) atoms. The van der Waals surface area contributed by atoms with Crippen LogP contribution in [0.3, 0.4) is 0 Å². The minimum atomic E-state index is 0.293. The molecule has 0 spiro atoms. The van der Waals surface area contributed by atoms with Gasteiger partial charge >= 0.3 is 0 Å². The Bertz CT molecular complexity index is 438. The number of thiazole rings is 1. The van der Waals surface area contributed by atoms with E-state index in [0.29, 0.717) is 6.04 Å². The number of nitrogens with zero attached hydrogens (tertiary/aromatic N) is 3. The van der Waals surface area contributed by atoms with Gasteiger partial charge in [-0.15, -0.1) is 16.4 Å². The molecule has 0 saturated carbocycles. The summed E-state index contributed by atoms with van der Waals surface area (Å²) in [5.74, 6) is 0.